The van der Waals surface area contributed by atoms with Gasteiger partial charge in [-0.15, -0.1) is 0 Å². The molecule has 4 heteroatoms. The molecular weight excluding hydrogens is 255 g/mol. The van der Waals surface area contributed by atoms with Crippen molar-refractivity contribution in [3.8, 4) is 0 Å². The van der Waals surface area contributed by atoms with E-state index in [-0.39, 0.29) is 18.0 Å². The van der Waals surface area contributed by atoms with Gasteiger partial charge >= 0.3 is 0 Å². The maximum Gasteiger partial charge on any atom is 0.141 e. The quantitative estimate of drug-likeness (QED) is 0.839. The first-order valence-electron chi connectivity index (χ1n) is 6.79. The lowest BCUT2D eigenvalue weighted by Gasteiger charge is -2.37. The number of pyridine rings is 1. The molecule has 1 aliphatic rings. The molecule has 2 aromatic rings. The molecule has 1 fully saturated rings. The Bertz CT molecular complexity index is 558. The van der Waals surface area contributed by atoms with Gasteiger partial charge in [-0.1, -0.05) is 30.3 Å². The summed E-state index contributed by atoms with van der Waals surface area (Å²) in [5, 5.41) is 0. The molecule has 2 heterocycles. The zero-order chi connectivity index (χ0) is 13.9. The Morgan fingerprint density at radius 1 is 1.15 bits per heavy atom. The van der Waals surface area contributed by atoms with Crippen molar-refractivity contribution in [3.05, 3.63) is 60.0 Å². The smallest absolute Gasteiger partial charge is 0.141 e. The van der Waals surface area contributed by atoms with Gasteiger partial charge in [0.2, 0.25) is 0 Å². The number of hydrogen-bond acceptors (Lipinski definition) is 3. The highest BCUT2D eigenvalue weighted by Gasteiger charge is 2.27. The van der Waals surface area contributed by atoms with Gasteiger partial charge in [0.05, 0.1) is 12.3 Å². The second kappa shape index (κ2) is 5.59. The molecule has 0 saturated carbocycles. The molecule has 1 aromatic heterocycles. The number of hydrogen-bond donors (Lipinski definition) is 0. The van der Waals surface area contributed by atoms with Gasteiger partial charge in [0.25, 0.3) is 0 Å². The van der Waals surface area contributed by atoms with Crippen LogP contribution in [0.3, 0.4) is 0 Å². The van der Waals surface area contributed by atoms with Gasteiger partial charge in [-0.05, 0) is 24.6 Å². The molecule has 3 rings (SSSR count). The van der Waals surface area contributed by atoms with E-state index < -0.39 is 0 Å². The minimum Gasteiger partial charge on any atom is -0.367 e. The number of rotatable bonds is 2. The summed E-state index contributed by atoms with van der Waals surface area (Å²) >= 11 is 0. The van der Waals surface area contributed by atoms with E-state index in [9.17, 15) is 4.39 Å². The predicted octanol–water partition coefficient (Wildman–Crippen LogP) is 3.19. The summed E-state index contributed by atoms with van der Waals surface area (Å²) in [6, 6.07) is 13.3. The topological polar surface area (TPSA) is 25.4 Å². The molecule has 20 heavy (non-hydrogen) atoms. The normalized spacial score (nSPS) is 22.8. The highest BCUT2D eigenvalue weighted by Crippen LogP contribution is 2.27. The van der Waals surface area contributed by atoms with Crippen molar-refractivity contribution in [2.45, 2.75) is 19.1 Å². The van der Waals surface area contributed by atoms with E-state index >= 15 is 0 Å². The third kappa shape index (κ3) is 2.80. The molecule has 2 atom stereocenters. The van der Waals surface area contributed by atoms with E-state index in [2.05, 4.69) is 22.0 Å². The Morgan fingerprint density at radius 2 is 1.95 bits per heavy atom. The number of aromatic nitrogens is 1. The maximum atomic E-state index is 13.0. The average Bonchev–Trinajstić information content (AvgIpc) is 2.48. The number of anilines is 1. The number of benzene rings is 1. The molecule has 0 aliphatic carbocycles. The second-order valence-electron chi connectivity index (χ2n) is 5.09. The van der Waals surface area contributed by atoms with Crippen LogP contribution < -0.4 is 4.90 Å². The molecule has 0 bridgehead atoms. The maximum absolute atomic E-state index is 13.0. The van der Waals surface area contributed by atoms with Gasteiger partial charge in [0.1, 0.15) is 17.7 Å². The Hall–Kier alpha value is -1.94. The summed E-state index contributed by atoms with van der Waals surface area (Å²) in [4.78, 5) is 6.30. The first kappa shape index (κ1) is 13.1. The molecule has 0 spiro atoms. The van der Waals surface area contributed by atoms with Gasteiger partial charge in [-0.3, -0.25) is 0 Å². The standard InChI is InChI=1S/C16H17FN2O/c1-12-10-19(16-8-7-14(17)9-18-16)11-15(20-12)13-5-3-2-4-6-13/h2-9,12,15H,10-11H2,1H3/t12-,15-/m1/s1. The van der Waals surface area contributed by atoms with Crippen molar-refractivity contribution in [1.82, 2.24) is 4.98 Å². The van der Waals surface area contributed by atoms with Gasteiger partial charge in [0.15, 0.2) is 0 Å². The van der Waals surface area contributed by atoms with Crippen molar-refractivity contribution in [1.29, 1.82) is 0 Å². The largest absolute Gasteiger partial charge is 0.367 e. The average molecular weight is 272 g/mol. The Balaban J connectivity index is 1.81. The van der Waals surface area contributed by atoms with Crippen LogP contribution in [0.1, 0.15) is 18.6 Å². The van der Waals surface area contributed by atoms with Crippen molar-refractivity contribution < 1.29 is 9.13 Å². The highest BCUT2D eigenvalue weighted by atomic mass is 19.1. The minimum atomic E-state index is -0.310. The fraction of sp³-hybridized carbons (Fsp3) is 0.312. The molecule has 0 unspecified atom stereocenters. The van der Waals surface area contributed by atoms with Gasteiger partial charge < -0.3 is 9.64 Å². The first-order valence-corrected chi connectivity index (χ1v) is 6.79. The van der Waals surface area contributed by atoms with Crippen molar-refractivity contribution >= 4 is 5.82 Å². The van der Waals surface area contributed by atoms with Gasteiger partial charge in [-0.2, -0.15) is 0 Å². The Labute approximate surface area is 118 Å². The summed E-state index contributed by atoms with van der Waals surface area (Å²) in [6.07, 6.45) is 1.39. The summed E-state index contributed by atoms with van der Waals surface area (Å²) in [6.45, 7) is 3.54. The highest BCUT2D eigenvalue weighted by molar-refractivity contribution is 5.39. The summed E-state index contributed by atoms with van der Waals surface area (Å²) in [7, 11) is 0. The van der Waals surface area contributed by atoms with Crippen LogP contribution >= 0.6 is 0 Å². The molecule has 0 radical (unpaired) electrons. The fourth-order valence-electron chi connectivity index (χ4n) is 2.55. The number of ether oxygens (including phenoxy) is 1. The van der Waals surface area contributed by atoms with Crippen LogP contribution in [-0.4, -0.2) is 24.2 Å². The predicted molar refractivity (Wildman–Crippen MR) is 76.1 cm³/mol. The lowest BCUT2D eigenvalue weighted by atomic mass is 10.1. The molecule has 1 aromatic carbocycles. The van der Waals surface area contributed by atoms with Crippen LogP contribution in [0.15, 0.2) is 48.7 Å². The number of halogens is 1. The summed E-state index contributed by atoms with van der Waals surface area (Å²) < 4.78 is 19.0. The number of morpholine rings is 1. The third-order valence-corrected chi connectivity index (χ3v) is 3.47. The minimum absolute atomic E-state index is 0.0202. The van der Waals surface area contributed by atoms with Crippen molar-refractivity contribution in [2.24, 2.45) is 0 Å². The van der Waals surface area contributed by atoms with E-state index in [4.69, 9.17) is 4.74 Å². The van der Waals surface area contributed by atoms with Crippen molar-refractivity contribution in [3.63, 3.8) is 0 Å². The van der Waals surface area contributed by atoms with Crippen LogP contribution in [0.25, 0.3) is 0 Å². The van der Waals surface area contributed by atoms with Gasteiger partial charge in [-0.25, -0.2) is 9.37 Å². The summed E-state index contributed by atoms with van der Waals surface area (Å²) in [5.41, 5.74) is 1.16. The summed E-state index contributed by atoms with van der Waals surface area (Å²) in [5.74, 6) is 0.483. The monoisotopic (exact) mass is 272 g/mol. The van der Waals surface area contributed by atoms with E-state index in [0.29, 0.717) is 0 Å². The lowest BCUT2D eigenvalue weighted by Crippen LogP contribution is -2.43. The van der Waals surface area contributed by atoms with E-state index in [1.54, 1.807) is 6.07 Å². The van der Waals surface area contributed by atoms with Crippen molar-refractivity contribution in [2.75, 3.05) is 18.0 Å². The molecular formula is C16H17FN2O. The van der Waals surface area contributed by atoms with E-state index in [0.717, 1.165) is 24.5 Å². The van der Waals surface area contributed by atoms with Crippen LogP contribution in [0.4, 0.5) is 10.2 Å². The van der Waals surface area contributed by atoms with Gasteiger partial charge in [0, 0.05) is 13.1 Å². The Kier molecular flexibility index (Phi) is 3.65. The van der Waals surface area contributed by atoms with E-state index in [1.807, 2.05) is 25.1 Å². The number of nitrogens with zero attached hydrogens (tertiary/aromatic N) is 2. The molecule has 104 valence electrons. The SMILES string of the molecule is C[C@@H]1CN(c2ccc(F)cn2)C[C@H](c2ccccc2)O1. The zero-order valence-electron chi connectivity index (χ0n) is 11.4. The fourth-order valence-corrected chi connectivity index (χ4v) is 2.55. The molecule has 1 saturated heterocycles. The first-order chi connectivity index (χ1) is 9.72. The molecule has 3 nitrogen and oxygen atoms in total. The van der Waals surface area contributed by atoms with Crippen LogP contribution in [0, 0.1) is 5.82 Å². The molecule has 0 N–H and O–H groups in total. The molecule has 0 amide bonds. The second-order valence-corrected chi connectivity index (χ2v) is 5.09. The van der Waals surface area contributed by atoms with E-state index in [1.165, 1.54) is 12.3 Å². The Morgan fingerprint density at radius 3 is 2.65 bits per heavy atom. The third-order valence-electron chi connectivity index (χ3n) is 3.47. The van der Waals surface area contributed by atoms with Crippen LogP contribution in [0.5, 0.6) is 0 Å². The molecule has 1 aliphatic heterocycles. The zero-order valence-corrected chi connectivity index (χ0v) is 11.4. The van der Waals surface area contributed by atoms with Crippen LogP contribution in [-0.2, 0) is 4.74 Å². The van der Waals surface area contributed by atoms with Crippen LogP contribution in [0.2, 0.25) is 0 Å². The lowest BCUT2D eigenvalue weighted by molar-refractivity contribution is -0.0176.